The summed E-state index contributed by atoms with van der Waals surface area (Å²) >= 11 is 4.56. The van der Waals surface area contributed by atoms with Crippen LogP contribution < -0.4 is 5.73 Å². The SMILES string of the molecule is NC(=S)CS(=O)(=O)N1CCC(CO)C1. The van der Waals surface area contributed by atoms with Crippen LogP contribution in [-0.4, -0.2) is 48.3 Å². The largest absolute Gasteiger partial charge is 0.396 e. The highest BCUT2D eigenvalue weighted by Gasteiger charge is 2.30. The normalized spacial score (nSPS) is 23.9. The van der Waals surface area contributed by atoms with Gasteiger partial charge in [0.05, 0.1) is 4.99 Å². The average Bonchev–Trinajstić information content (AvgIpc) is 2.49. The number of thiocarbonyl (C=S) groups is 1. The molecule has 0 radical (unpaired) electrons. The summed E-state index contributed by atoms with van der Waals surface area (Å²) in [5.41, 5.74) is 5.19. The Balaban J connectivity index is 2.62. The van der Waals surface area contributed by atoms with Crippen LogP contribution in [0.25, 0.3) is 0 Å². The number of rotatable bonds is 4. The molecule has 3 N–H and O–H groups in total. The van der Waals surface area contributed by atoms with E-state index >= 15 is 0 Å². The lowest BCUT2D eigenvalue weighted by Gasteiger charge is -2.15. The molecule has 82 valence electrons. The minimum Gasteiger partial charge on any atom is -0.396 e. The predicted octanol–water partition coefficient (Wildman–Crippen LogP) is -1.08. The molecular formula is C7H14N2O3S2. The monoisotopic (exact) mass is 238 g/mol. The first kappa shape index (κ1) is 11.8. The van der Waals surface area contributed by atoms with Crippen LogP contribution in [0.1, 0.15) is 6.42 Å². The Morgan fingerprint density at radius 3 is 2.71 bits per heavy atom. The number of sulfonamides is 1. The number of nitrogens with zero attached hydrogens (tertiary/aromatic N) is 1. The Kier molecular flexibility index (Phi) is 3.82. The van der Waals surface area contributed by atoms with E-state index in [-0.39, 0.29) is 23.3 Å². The summed E-state index contributed by atoms with van der Waals surface area (Å²) in [5.74, 6) is -0.225. The van der Waals surface area contributed by atoms with Gasteiger partial charge in [0.1, 0.15) is 5.75 Å². The van der Waals surface area contributed by atoms with Crippen LogP contribution in [-0.2, 0) is 10.0 Å². The van der Waals surface area contributed by atoms with E-state index in [4.69, 9.17) is 10.8 Å². The third-order valence-corrected chi connectivity index (χ3v) is 4.35. The fourth-order valence-corrected chi connectivity index (χ4v) is 3.28. The first-order valence-electron chi connectivity index (χ1n) is 4.32. The highest BCUT2D eigenvalue weighted by Crippen LogP contribution is 2.18. The molecule has 1 rings (SSSR count). The van der Waals surface area contributed by atoms with Gasteiger partial charge in [-0.3, -0.25) is 0 Å². The zero-order valence-corrected chi connectivity index (χ0v) is 9.35. The van der Waals surface area contributed by atoms with Gasteiger partial charge in [-0.05, 0) is 12.3 Å². The van der Waals surface area contributed by atoms with Gasteiger partial charge in [0, 0.05) is 19.7 Å². The first-order chi connectivity index (χ1) is 6.45. The van der Waals surface area contributed by atoms with Crippen molar-refractivity contribution in [2.45, 2.75) is 6.42 Å². The van der Waals surface area contributed by atoms with Crippen LogP contribution in [0.2, 0.25) is 0 Å². The van der Waals surface area contributed by atoms with E-state index in [1.54, 1.807) is 0 Å². The van der Waals surface area contributed by atoms with Crippen molar-refractivity contribution in [3.63, 3.8) is 0 Å². The molecule has 0 amide bonds. The Morgan fingerprint density at radius 1 is 1.64 bits per heavy atom. The smallest absolute Gasteiger partial charge is 0.220 e. The molecule has 14 heavy (non-hydrogen) atoms. The molecule has 5 nitrogen and oxygen atoms in total. The average molecular weight is 238 g/mol. The van der Waals surface area contributed by atoms with Gasteiger partial charge in [-0.25, -0.2) is 12.7 Å². The fraction of sp³-hybridized carbons (Fsp3) is 0.857. The molecule has 7 heteroatoms. The Hall–Kier alpha value is -0.240. The summed E-state index contributed by atoms with van der Waals surface area (Å²) in [4.78, 5) is -0.0163. The van der Waals surface area contributed by atoms with Crippen LogP contribution in [0.4, 0.5) is 0 Å². The number of aliphatic hydroxyl groups excluding tert-OH is 1. The van der Waals surface area contributed by atoms with Crippen LogP contribution in [0, 0.1) is 5.92 Å². The van der Waals surface area contributed by atoms with Crippen molar-refractivity contribution in [1.29, 1.82) is 0 Å². The van der Waals surface area contributed by atoms with Crippen LogP contribution in [0.15, 0.2) is 0 Å². The zero-order chi connectivity index (χ0) is 10.8. The maximum atomic E-state index is 11.6. The molecule has 0 aromatic rings. The summed E-state index contributed by atoms with van der Waals surface area (Å²) in [6.45, 7) is 0.858. The van der Waals surface area contributed by atoms with Crippen molar-refractivity contribution in [3.05, 3.63) is 0 Å². The van der Waals surface area contributed by atoms with Crippen molar-refractivity contribution < 1.29 is 13.5 Å². The summed E-state index contributed by atoms with van der Waals surface area (Å²) in [7, 11) is -3.35. The van der Waals surface area contributed by atoms with E-state index in [0.717, 1.165) is 0 Å². The van der Waals surface area contributed by atoms with Crippen molar-refractivity contribution in [1.82, 2.24) is 4.31 Å². The Labute approximate surface area is 88.9 Å². The highest BCUT2D eigenvalue weighted by atomic mass is 32.2. The first-order valence-corrected chi connectivity index (χ1v) is 6.34. The van der Waals surface area contributed by atoms with Gasteiger partial charge < -0.3 is 10.8 Å². The third-order valence-electron chi connectivity index (χ3n) is 2.22. The van der Waals surface area contributed by atoms with Crippen LogP contribution in [0.5, 0.6) is 0 Å². The van der Waals surface area contributed by atoms with Gasteiger partial charge in [-0.1, -0.05) is 12.2 Å². The lowest BCUT2D eigenvalue weighted by atomic mass is 10.1. The molecule has 0 bridgehead atoms. The second-order valence-corrected chi connectivity index (χ2v) is 5.91. The predicted molar refractivity (Wildman–Crippen MR) is 57.3 cm³/mol. The molecule has 0 saturated carbocycles. The second kappa shape index (κ2) is 4.52. The molecule has 1 aliphatic heterocycles. The van der Waals surface area contributed by atoms with Gasteiger partial charge >= 0.3 is 0 Å². The number of hydrogen-bond acceptors (Lipinski definition) is 4. The summed E-state index contributed by atoms with van der Waals surface area (Å²) in [5, 5.41) is 8.86. The molecule has 1 saturated heterocycles. The summed E-state index contributed by atoms with van der Waals surface area (Å²) in [6, 6.07) is 0. The van der Waals surface area contributed by atoms with Crippen molar-refractivity contribution in [2.24, 2.45) is 11.7 Å². The molecule has 1 fully saturated rings. The second-order valence-electron chi connectivity index (χ2n) is 3.42. The molecule has 1 aliphatic rings. The molecule has 0 aliphatic carbocycles. The Morgan fingerprint density at radius 2 is 2.29 bits per heavy atom. The minimum absolute atomic E-state index is 0.0163. The number of hydrogen-bond donors (Lipinski definition) is 2. The van der Waals surface area contributed by atoms with Gasteiger partial charge in [0.2, 0.25) is 10.0 Å². The van der Waals surface area contributed by atoms with Gasteiger partial charge in [0.15, 0.2) is 0 Å². The lowest BCUT2D eigenvalue weighted by Crippen LogP contribution is -2.35. The van der Waals surface area contributed by atoms with Crippen LogP contribution in [0.3, 0.4) is 0 Å². The molecule has 0 aromatic heterocycles. The zero-order valence-electron chi connectivity index (χ0n) is 7.72. The number of nitrogens with two attached hydrogens (primary N) is 1. The van der Waals surface area contributed by atoms with E-state index in [2.05, 4.69) is 12.2 Å². The van der Waals surface area contributed by atoms with Crippen molar-refractivity contribution in [2.75, 3.05) is 25.4 Å². The highest BCUT2D eigenvalue weighted by molar-refractivity contribution is 7.92. The summed E-state index contributed by atoms with van der Waals surface area (Å²) in [6.07, 6.45) is 0.701. The van der Waals surface area contributed by atoms with Crippen LogP contribution >= 0.6 is 12.2 Å². The topological polar surface area (TPSA) is 83.6 Å². The molecule has 1 atom stereocenters. The fourth-order valence-electron chi connectivity index (χ4n) is 1.47. The number of aliphatic hydroxyl groups is 1. The van der Waals surface area contributed by atoms with Crippen molar-refractivity contribution in [3.8, 4) is 0 Å². The lowest BCUT2D eigenvalue weighted by molar-refractivity contribution is 0.233. The van der Waals surface area contributed by atoms with Crippen molar-refractivity contribution >= 4 is 27.2 Å². The molecule has 0 spiro atoms. The Bertz CT molecular complexity index is 315. The maximum Gasteiger partial charge on any atom is 0.220 e. The van der Waals surface area contributed by atoms with Gasteiger partial charge in [0.25, 0.3) is 0 Å². The molecule has 0 aromatic carbocycles. The van der Waals surface area contributed by atoms with Gasteiger partial charge in [-0.15, -0.1) is 0 Å². The molecular weight excluding hydrogens is 224 g/mol. The third kappa shape index (κ3) is 2.88. The van der Waals surface area contributed by atoms with E-state index in [0.29, 0.717) is 19.5 Å². The quantitative estimate of drug-likeness (QED) is 0.608. The van der Waals surface area contributed by atoms with Gasteiger partial charge in [-0.2, -0.15) is 0 Å². The standard InChI is InChI=1S/C7H14N2O3S2/c8-7(13)5-14(11,12)9-2-1-6(3-9)4-10/h6,10H,1-5H2,(H2,8,13). The van der Waals surface area contributed by atoms with E-state index < -0.39 is 10.0 Å². The van der Waals surface area contributed by atoms with E-state index in [1.807, 2.05) is 0 Å². The minimum atomic E-state index is -3.35. The maximum absolute atomic E-state index is 11.6. The summed E-state index contributed by atoms with van der Waals surface area (Å²) < 4.78 is 24.5. The van der Waals surface area contributed by atoms with E-state index in [1.165, 1.54) is 4.31 Å². The molecule has 1 unspecified atom stereocenters. The van der Waals surface area contributed by atoms with E-state index in [9.17, 15) is 8.42 Å². The molecule has 1 heterocycles.